The van der Waals surface area contributed by atoms with E-state index in [-0.39, 0.29) is 11.9 Å². The summed E-state index contributed by atoms with van der Waals surface area (Å²) in [6, 6.07) is 2.23. The Morgan fingerprint density at radius 2 is 1.95 bits per heavy atom. The lowest BCUT2D eigenvalue weighted by atomic mass is 10.2. The maximum atomic E-state index is 12.8. The fourth-order valence-corrected chi connectivity index (χ4v) is 2.41. The topological polar surface area (TPSA) is 54.2 Å². The van der Waals surface area contributed by atoms with Crippen molar-refractivity contribution in [1.82, 2.24) is 4.98 Å². The lowest BCUT2D eigenvalue weighted by Gasteiger charge is -2.26. The fourth-order valence-electron chi connectivity index (χ4n) is 2.41. The van der Waals surface area contributed by atoms with Crippen molar-refractivity contribution in [3.8, 4) is 0 Å². The lowest BCUT2D eigenvalue weighted by molar-refractivity contribution is -0.137. The number of pyridine rings is 1. The van der Waals surface area contributed by atoms with E-state index in [1.807, 2.05) is 4.90 Å². The number of halogens is 3. The molecule has 0 aliphatic heterocycles. The summed E-state index contributed by atoms with van der Waals surface area (Å²) in [4.78, 5) is 5.91. The number of nitrogens with zero attached hydrogens (tertiary/aromatic N) is 2. The Hall–Kier alpha value is -1.50. The van der Waals surface area contributed by atoms with Crippen LogP contribution in [-0.2, 0) is 6.18 Å². The Morgan fingerprint density at radius 3 is 2.47 bits per heavy atom. The number of anilines is 2. The van der Waals surface area contributed by atoms with E-state index < -0.39 is 11.7 Å². The molecule has 1 aromatic heterocycles. The lowest BCUT2D eigenvalue weighted by Crippen LogP contribution is -2.30. The fraction of sp³-hybridized carbons (Fsp3) is 0.583. The van der Waals surface area contributed by atoms with Crippen LogP contribution in [0.25, 0.3) is 0 Å². The van der Waals surface area contributed by atoms with Gasteiger partial charge in [-0.15, -0.1) is 0 Å². The number of hydrogen-bond donors (Lipinski definition) is 2. The average Bonchev–Trinajstić information content (AvgIpc) is 2.90. The number of hydrazine groups is 1. The Balaban J connectivity index is 2.33. The van der Waals surface area contributed by atoms with Gasteiger partial charge >= 0.3 is 6.18 Å². The highest BCUT2D eigenvalue weighted by Gasteiger charge is 2.32. The van der Waals surface area contributed by atoms with Crippen LogP contribution in [0.3, 0.4) is 0 Å². The summed E-state index contributed by atoms with van der Waals surface area (Å²) in [6.45, 7) is 0. The normalized spacial score (nSPS) is 16.7. The molecule has 0 atom stereocenters. The summed E-state index contributed by atoms with van der Waals surface area (Å²) >= 11 is 0. The summed E-state index contributed by atoms with van der Waals surface area (Å²) in [6.07, 6.45) is -0.217. The molecule has 0 radical (unpaired) electrons. The molecule has 1 aliphatic carbocycles. The molecule has 3 N–H and O–H groups in total. The number of alkyl halides is 3. The number of nitrogens with one attached hydrogen (secondary N) is 1. The smallest absolute Gasteiger partial charge is 0.357 e. The first-order chi connectivity index (χ1) is 8.91. The highest BCUT2D eigenvalue weighted by atomic mass is 19.4. The first-order valence-corrected chi connectivity index (χ1v) is 6.20. The molecule has 0 spiro atoms. The Labute approximate surface area is 109 Å². The van der Waals surface area contributed by atoms with E-state index >= 15 is 0 Å². The van der Waals surface area contributed by atoms with Crippen molar-refractivity contribution in [2.24, 2.45) is 5.84 Å². The minimum absolute atomic E-state index is 0.0228. The van der Waals surface area contributed by atoms with Gasteiger partial charge in [0.25, 0.3) is 0 Å². The predicted molar refractivity (Wildman–Crippen MR) is 67.7 cm³/mol. The van der Waals surface area contributed by atoms with Crippen molar-refractivity contribution in [1.29, 1.82) is 0 Å². The van der Waals surface area contributed by atoms with Gasteiger partial charge in [0, 0.05) is 13.1 Å². The van der Waals surface area contributed by atoms with Gasteiger partial charge in [-0.05, 0) is 25.0 Å². The van der Waals surface area contributed by atoms with Gasteiger partial charge in [0.1, 0.15) is 11.6 Å². The van der Waals surface area contributed by atoms with Gasteiger partial charge < -0.3 is 10.3 Å². The van der Waals surface area contributed by atoms with Gasteiger partial charge in [0.2, 0.25) is 0 Å². The van der Waals surface area contributed by atoms with E-state index in [1.165, 1.54) is 0 Å². The largest absolute Gasteiger partial charge is 0.416 e. The molecule has 0 aromatic carbocycles. The summed E-state index contributed by atoms with van der Waals surface area (Å²) in [7, 11) is 1.78. The third kappa shape index (κ3) is 3.09. The number of aromatic nitrogens is 1. The molecule has 19 heavy (non-hydrogen) atoms. The molecule has 0 amide bonds. The van der Waals surface area contributed by atoms with Crippen molar-refractivity contribution in [3.05, 3.63) is 17.7 Å². The molecular weight excluding hydrogens is 257 g/mol. The summed E-state index contributed by atoms with van der Waals surface area (Å²) < 4.78 is 38.4. The molecule has 1 aliphatic rings. The van der Waals surface area contributed by atoms with E-state index in [0.29, 0.717) is 5.82 Å². The Kier molecular flexibility index (Phi) is 3.84. The quantitative estimate of drug-likeness (QED) is 0.657. The summed E-state index contributed by atoms with van der Waals surface area (Å²) in [5.41, 5.74) is 1.45. The Morgan fingerprint density at radius 1 is 1.32 bits per heavy atom. The molecule has 1 saturated carbocycles. The number of rotatable bonds is 3. The zero-order chi connectivity index (χ0) is 14.0. The third-order valence-corrected chi connectivity index (χ3v) is 3.52. The molecule has 0 bridgehead atoms. The van der Waals surface area contributed by atoms with E-state index in [9.17, 15) is 13.2 Å². The van der Waals surface area contributed by atoms with Crippen molar-refractivity contribution in [2.45, 2.75) is 37.9 Å². The average molecular weight is 274 g/mol. The molecular formula is C12H17F3N4. The maximum Gasteiger partial charge on any atom is 0.416 e. The first-order valence-electron chi connectivity index (χ1n) is 6.20. The van der Waals surface area contributed by atoms with E-state index in [4.69, 9.17) is 5.84 Å². The number of nitrogens with two attached hydrogens (primary N) is 1. The van der Waals surface area contributed by atoms with E-state index in [0.717, 1.165) is 37.8 Å². The van der Waals surface area contributed by atoms with Crippen molar-refractivity contribution in [2.75, 3.05) is 17.4 Å². The van der Waals surface area contributed by atoms with Crippen molar-refractivity contribution >= 4 is 11.6 Å². The molecule has 7 heteroatoms. The second-order valence-electron chi connectivity index (χ2n) is 4.79. The van der Waals surface area contributed by atoms with Gasteiger partial charge in [-0.3, -0.25) is 0 Å². The minimum atomic E-state index is -4.40. The van der Waals surface area contributed by atoms with Gasteiger partial charge in [-0.25, -0.2) is 10.8 Å². The summed E-state index contributed by atoms with van der Waals surface area (Å²) in [5, 5.41) is 0. The second kappa shape index (κ2) is 5.24. The van der Waals surface area contributed by atoms with E-state index in [2.05, 4.69) is 10.4 Å². The second-order valence-corrected chi connectivity index (χ2v) is 4.79. The molecule has 2 rings (SSSR count). The zero-order valence-corrected chi connectivity index (χ0v) is 10.7. The van der Waals surface area contributed by atoms with Crippen LogP contribution < -0.4 is 16.2 Å². The monoisotopic (exact) mass is 274 g/mol. The molecule has 1 fully saturated rings. The van der Waals surface area contributed by atoms with Crippen LogP contribution in [0, 0.1) is 0 Å². The van der Waals surface area contributed by atoms with Gasteiger partial charge in [0.05, 0.1) is 5.56 Å². The van der Waals surface area contributed by atoms with Crippen LogP contribution in [0.4, 0.5) is 24.8 Å². The van der Waals surface area contributed by atoms with Crippen LogP contribution in [0.1, 0.15) is 31.2 Å². The standard InChI is InChI=1S/C12H17F3N4/c1-19(9-4-2-3-5-9)11-7-8(12(13,14)15)6-10(17-11)18-16/h6-7,9H,2-5,16H2,1H3,(H,17,18). The van der Waals surface area contributed by atoms with Gasteiger partial charge in [-0.1, -0.05) is 12.8 Å². The predicted octanol–water partition coefficient (Wildman–Crippen LogP) is 2.76. The summed E-state index contributed by atoms with van der Waals surface area (Å²) in [5.74, 6) is 5.51. The van der Waals surface area contributed by atoms with E-state index in [1.54, 1.807) is 7.05 Å². The molecule has 4 nitrogen and oxygen atoms in total. The van der Waals surface area contributed by atoms with Crippen LogP contribution >= 0.6 is 0 Å². The molecule has 0 saturated heterocycles. The van der Waals surface area contributed by atoms with Gasteiger partial charge in [0.15, 0.2) is 0 Å². The number of nitrogen functional groups attached to an aromatic ring is 1. The highest BCUT2D eigenvalue weighted by molar-refractivity contribution is 5.51. The van der Waals surface area contributed by atoms with Gasteiger partial charge in [-0.2, -0.15) is 13.2 Å². The highest BCUT2D eigenvalue weighted by Crippen LogP contribution is 2.34. The molecule has 106 valence electrons. The van der Waals surface area contributed by atoms with Crippen molar-refractivity contribution in [3.63, 3.8) is 0 Å². The van der Waals surface area contributed by atoms with Crippen LogP contribution in [0.5, 0.6) is 0 Å². The minimum Gasteiger partial charge on any atom is -0.357 e. The van der Waals surface area contributed by atoms with Crippen LogP contribution in [0.2, 0.25) is 0 Å². The maximum absolute atomic E-state index is 12.8. The third-order valence-electron chi connectivity index (χ3n) is 3.52. The van der Waals surface area contributed by atoms with Crippen LogP contribution in [-0.4, -0.2) is 18.1 Å². The van der Waals surface area contributed by atoms with Crippen LogP contribution in [0.15, 0.2) is 12.1 Å². The molecule has 1 aromatic rings. The van der Waals surface area contributed by atoms with Crippen molar-refractivity contribution < 1.29 is 13.2 Å². The SMILES string of the molecule is CN(c1cc(C(F)(F)F)cc(NN)n1)C1CCCC1. The zero-order valence-electron chi connectivity index (χ0n) is 10.7. The Bertz CT molecular complexity index is 441. The molecule has 1 heterocycles. The number of hydrogen-bond acceptors (Lipinski definition) is 4. The molecule has 0 unspecified atom stereocenters. The first kappa shape index (κ1) is 13.9.